The minimum absolute atomic E-state index is 1.23. The monoisotopic (exact) mass is 212 g/mol. The number of allylic oxidation sites excluding steroid dienone is 8. The van der Waals surface area contributed by atoms with E-state index in [1.165, 1.54) is 51.4 Å². The van der Waals surface area contributed by atoms with Crippen LogP contribution >= 0.6 is 0 Å². The van der Waals surface area contributed by atoms with Crippen LogP contribution in [0.3, 0.4) is 0 Å². The fourth-order valence-electron chi connectivity index (χ4n) is 3.02. The summed E-state index contributed by atoms with van der Waals surface area (Å²) >= 11 is 0. The molecule has 84 valence electrons. The van der Waals surface area contributed by atoms with Gasteiger partial charge in [0.2, 0.25) is 0 Å². The molecule has 0 atom stereocenters. The van der Waals surface area contributed by atoms with Gasteiger partial charge >= 0.3 is 0 Å². The fraction of sp³-hybridized carbons (Fsp3) is 0.500. The van der Waals surface area contributed by atoms with Gasteiger partial charge in [0.15, 0.2) is 0 Å². The van der Waals surface area contributed by atoms with Gasteiger partial charge in [0.25, 0.3) is 0 Å². The summed E-state index contributed by atoms with van der Waals surface area (Å²) in [5.41, 5.74) is 6.53. The molecular formula is C16H20. The van der Waals surface area contributed by atoms with E-state index in [2.05, 4.69) is 24.3 Å². The third-order valence-electron chi connectivity index (χ3n) is 3.96. The molecule has 16 heavy (non-hydrogen) atoms. The van der Waals surface area contributed by atoms with Crippen molar-refractivity contribution in [3.05, 3.63) is 46.6 Å². The van der Waals surface area contributed by atoms with Crippen LogP contribution < -0.4 is 0 Å². The van der Waals surface area contributed by atoms with Gasteiger partial charge in [-0.3, -0.25) is 0 Å². The van der Waals surface area contributed by atoms with E-state index < -0.39 is 0 Å². The van der Waals surface area contributed by atoms with Gasteiger partial charge in [-0.25, -0.2) is 0 Å². The minimum Gasteiger partial charge on any atom is -0.0772 e. The van der Waals surface area contributed by atoms with Crippen molar-refractivity contribution < 1.29 is 0 Å². The molecule has 0 aliphatic heterocycles. The summed E-state index contributed by atoms with van der Waals surface area (Å²) in [5, 5.41) is 0. The Kier molecular flexibility index (Phi) is 2.82. The Bertz CT molecular complexity index is 364. The Morgan fingerprint density at radius 1 is 0.625 bits per heavy atom. The molecule has 3 aliphatic carbocycles. The molecule has 0 unspecified atom stereocenters. The predicted octanol–water partition coefficient (Wildman–Crippen LogP) is 4.85. The molecule has 0 aromatic rings. The van der Waals surface area contributed by atoms with Crippen LogP contribution in [0.5, 0.6) is 0 Å². The smallest absolute Gasteiger partial charge is 0.0130 e. The van der Waals surface area contributed by atoms with E-state index >= 15 is 0 Å². The highest BCUT2D eigenvalue weighted by Crippen LogP contribution is 2.31. The molecule has 3 aliphatic rings. The standard InChI is InChI=1S/C16H20/c1-3-13-7-9-15(11-13)5-2-6-16-10-8-14(4-1)12-16/h7-8,11-12H,1-6,9-10H2. The first-order valence-electron chi connectivity index (χ1n) is 6.67. The zero-order valence-corrected chi connectivity index (χ0v) is 9.97. The molecule has 3 rings (SSSR count). The van der Waals surface area contributed by atoms with Gasteiger partial charge in [0.05, 0.1) is 0 Å². The topological polar surface area (TPSA) is 0 Å². The number of hydrogen-bond donors (Lipinski definition) is 0. The minimum atomic E-state index is 1.23. The second-order valence-corrected chi connectivity index (χ2v) is 5.28. The highest BCUT2D eigenvalue weighted by molar-refractivity contribution is 5.35. The maximum Gasteiger partial charge on any atom is -0.0130 e. The van der Waals surface area contributed by atoms with Crippen molar-refractivity contribution in [3.8, 4) is 0 Å². The molecule has 0 heteroatoms. The third-order valence-corrected chi connectivity index (χ3v) is 3.96. The van der Waals surface area contributed by atoms with Gasteiger partial charge in [-0.2, -0.15) is 0 Å². The summed E-state index contributed by atoms with van der Waals surface area (Å²) in [6, 6.07) is 0. The summed E-state index contributed by atoms with van der Waals surface area (Å²) < 4.78 is 0. The Hall–Kier alpha value is -1.04. The predicted molar refractivity (Wildman–Crippen MR) is 69.3 cm³/mol. The first kappa shape index (κ1) is 10.1. The van der Waals surface area contributed by atoms with Gasteiger partial charge in [-0.05, 0) is 51.4 Å². The molecule has 0 saturated carbocycles. The summed E-state index contributed by atoms with van der Waals surface area (Å²) in [6.45, 7) is 0. The average Bonchev–Trinajstić information content (AvgIpc) is 2.88. The molecule has 0 spiro atoms. The van der Waals surface area contributed by atoms with E-state index in [0.29, 0.717) is 0 Å². The summed E-state index contributed by atoms with van der Waals surface area (Å²) in [6.07, 6.45) is 20.1. The van der Waals surface area contributed by atoms with Crippen LogP contribution in [0.2, 0.25) is 0 Å². The highest BCUT2D eigenvalue weighted by Gasteiger charge is 2.11. The molecule has 0 nitrogen and oxygen atoms in total. The third kappa shape index (κ3) is 2.21. The molecule has 0 heterocycles. The van der Waals surface area contributed by atoms with Crippen molar-refractivity contribution in [2.24, 2.45) is 0 Å². The highest BCUT2D eigenvalue weighted by atomic mass is 14.2. The summed E-state index contributed by atoms with van der Waals surface area (Å²) in [5.74, 6) is 0. The zero-order valence-electron chi connectivity index (χ0n) is 9.97. The van der Waals surface area contributed by atoms with Crippen LogP contribution in [0.4, 0.5) is 0 Å². The SMILES string of the molecule is C1=C2C=C(C1)CCCC1=CC(=CC1)CCC2. The maximum absolute atomic E-state index is 2.46. The van der Waals surface area contributed by atoms with E-state index in [4.69, 9.17) is 0 Å². The largest absolute Gasteiger partial charge is 0.0772 e. The number of fused-ring (bicyclic) bond motifs is 2. The molecule has 0 fully saturated rings. The lowest BCUT2D eigenvalue weighted by Gasteiger charge is -2.04. The van der Waals surface area contributed by atoms with E-state index in [1.807, 2.05) is 0 Å². The van der Waals surface area contributed by atoms with Gasteiger partial charge in [-0.1, -0.05) is 46.6 Å². The van der Waals surface area contributed by atoms with Crippen molar-refractivity contribution in [1.82, 2.24) is 0 Å². The quantitative estimate of drug-likeness (QED) is 0.538. The first-order chi connectivity index (χ1) is 7.90. The van der Waals surface area contributed by atoms with E-state index in [1.54, 1.807) is 22.3 Å². The second kappa shape index (κ2) is 4.45. The van der Waals surface area contributed by atoms with Crippen molar-refractivity contribution in [2.75, 3.05) is 0 Å². The molecule has 0 amide bonds. The zero-order chi connectivity index (χ0) is 10.8. The lowest BCUT2D eigenvalue weighted by Crippen LogP contribution is -1.85. The van der Waals surface area contributed by atoms with Crippen molar-refractivity contribution in [3.63, 3.8) is 0 Å². The van der Waals surface area contributed by atoms with Gasteiger partial charge in [-0.15, -0.1) is 0 Å². The van der Waals surface area contributed by atoms with Crippen molar-refractivity contribution in [2.45, 2.75) is 51.4 Å². The van der Waals surface area contributed by atoms with Gasteiger partial charge in [0, 0.05) is 0 Å². The Morgan fingerprint density at radius 3 is 1.69 bits per heavy atom. The van der Waals surface area contributed by atoms with Crippen LogP contribution in [0.25, 0.3) is 0 Å². The Balaban J connectivity index is 1.71. The van der Waals surface area contributed by atoms with Crippen LogP contribution in [0.1, 0.15) is 51.4 Å². The molecule has 0 radical (unpaired) electrons. The van der Waals surface area contributed by atoms with Crippen molar-refractivity contribution in [1.29, 1.82) is 0 Å². The Labute approximate surface area is 98.4 Å². The average molecular weight is 212 g/mol. The fourth-order valence-corrected chi connectivity index (χ4v) is 3.02. The molecule has 0 aromatic carbocycles. The van der Waals surface area contributed by atoms with Gasteiger partial charge in [0.1, 0.15) is 0 Å². The molecule has 0 aromatic heterocycles. The Morgan fingerprint density at radius 2 is 1.12 bits per heavy atom. The van der Waals surface area contributed by atoms with Crippen molar-refractivity contribution >= 4 is 0 Å². The first-order valence-corrected chi connectivity index (χ1v) is 6.67. The van der Waals surface area contributed by atoms with Crippen LogP contribution in [0.15, 0.2) is 46.6 Å². The molecule has 0 saturated heterocycles. The number of rotatable bonds is 0. The van der Waals surface area contributed by atoms with E-state index in [9.17, 15) is 0 Å². The summed E-state index contributed by atoms with van der Waals surface area (Å²) in [4.78, 5) is 0. The molecule has 0 N–H and O–H groups in total. The van der Waals surface area contributed by atoms with Crippen LogP contribution in [-0.4, -0.2) is 0 Å². The molecular weight excluding hydrogens is 192 g/mol. The maximum atomic E-state index is 2.46. The molecule has 4 bridgehead atoms. The number of hydrogen-bond acceptors (Lipinski definition) is 0. The van der Waals surface area contributed by atoms with Gasteiger partial charge < -0.3 is 0 Å². The second-order valence-electron chi connectivity index (χ2n) is 5.28. The van der Waals surface area contributed by atoms with Crippen LogP contribution in [-0.2, 0) is 0 Å². The van der Waals surface area contributed by atoms with Crippen LogP contribution in [0, 0.1) is 0 Å². The normalized spacial score (nSPS) is 25.0. The summed E-state index contributed by atoms with van der Waals surface area (Å²) in [7, 11) is 0. The van der Waals surface area contributed by atoms with E-state index in [0.717, 1.165) is 0 Å². The van der Waals surface area contributed by atoms with E-state index in [-0.39, 0.29) is 0 Å². The lowest BCUT2D eigenvalue weighted by atomic mass is 10.0. The lowest BCUT2D eigenvalue weighted by molar-refractivity contribution is 0.784.